The van der Waals surface area contributed by atoms with Crippen molar-refractivity contribution >= 4 is 38.7 Å². The summed E-state index contributed by atoms with van der Waals surface area (Å²) in [4.78, 5) is 2.25. The number of benzene rings is 5. The van der Waals surface area contributed by atoms with Gasteiger partial charge in [0.15, 0.2) is 0 Å². The number of hydrogen-bond donors (Lipinski definition) is 1. The van der Waals surface area contributed by atoms with Gasteiger partial charge in [0.1, 0.15) is 0 Å². The van der Waals surface area contributed by atoms with E-state index in [1.54, 1.807) is 0 Å². The number of hydrogen-bond acceptors (Lipinski definition) is 2. The number of nitrogens with two attached hydrogens (primary N) is 1. The van der Waals surface area contributed by atoms with Crippen molar-refractivity contribution in [3.8, 4) is 0 Å². The lowest BCUT2D eigenvalue weighted by molar-refractivity contribution is 1.28. The van der Waals surface area contributed by atoms with Gasteiger partial charge >= 0.3 is 0 Å². The Labute approximate surface area is 262 Å². The van der Waals surface area contributed by atoms with E-state index in [-0.39, 0.29) is 52.5 Å². The van der Waals surface area contributed by atoms with E-state index in [0.717, 1.165) is 0 Å². The third kappa shape index (κ3) is 12.6. The lowest BCUT2D eigenvalue weighted by atomic mass is 10.2. The normalized spacial score (nSPS) is 13.6. The van der Waals surface area contributed by atoms with Crippen LogP contribution < -0.4 is 10.6 Å². The summed E-state index contributed by atoms with van der Waals surface area (Å²) in [5.74, 6) is 0. The Hall–Kier alpha value is -3.82. The van der Waals surface area contributed by atoms with E-state index >= 15 is 0 Å². The minimum Gasteiger partial charge on any atom is -0.399 e. The predicted molar refractivity (Wildman–Crippen MR) is 179 cm³/mol. The maximum Gasteiger partial charge on any atom is 0.0644 e. The van der Waals surface area contributed by atoms with Gasteiger partial charge in [-0.2, -0.15) is 0 Å². The van der Waals surface area contributed by atoms with Crippen molar-refractivity contribution in [1.82, 2.24) is 0 Å². The quantitative estimate of drug-likeness (QED) is 0.213. The summed E-state index contributed by atoms with van der Waals surface area (Å²) in [7, 11) is 2.50. The van der Waals surface area contributed by atoms with E-state index in [1.807, 2.05) is 32.0 Å². The monoisotopic (exact) mass is 584 g/mol. The molecule has 0 saturated heterocycles. The number of halogens is 1. The Balaban J connectivity index is -0.000000210. The first kappa shape index (κ1) is 14.8. The molecular weight excluding hydrogens is 516 g/mol. The van der Waals surface area contributed by atoms with E-state index in [0.29, 0.717) is 0 Å². The SMILES string of the molecule is CC.[2H]C.[2H]C.[2H][2H].[2H][2H].[2H][2H].[2H][2H].[2H]c1c([2H])c([2H])c(Br)c([2H])c1[2H].[2H]c1c([2H])c([2H])c(N)c([2H])c1[2H].c1ccc(N(c2ccccc2)c2ccccc2)cc1. The second-order valence-electron chi connectivity index (χ2n) is 6.32. The maximum absolute atomic E-state index is 7.26. The van der Waals surface area contributed by atoms with Crippen LogP contribution in [0.4, 0.5) is 22.7 Å². The molecule has 0 saturated carbocycles. The molecule has 0 amide bonds. The third-order valence-electron chi connectivity index (χ3n) is 4.03. The zero-order valence-corrected chi connectivity index (χ0v) is 23.1. The maximum atomic E-state index is 7.26. The molecule has 0 radical (unpaired) electrons. The van der Waals surface area contributed by atoms with Gasteiger partial charge in [0, 0.05) is 41.8 Å². The Kier molecular flexibility index (Phi) is 8.15. The van der Waals surface area contributed by atoms with E-state index in [4.69, 9.17) is 34.1 Å². The molecule has 5 aromatic carbocycles. The van der Waals surface area contributed by atoms with Crippen LogP contribution in [0.25, 0.3) is 0 Å². The van der Waals surface area contributed by atoms with Gasteiger partial charge in [-0.25, -0.2) is 0 Å². The molecule has 3 heteroatoms. The number of para-hydroxylation sites is 4. The van der Waals surface area contributed by atoms with Crippen molar-refractivity contribution in [1.29, 1.82) is 0 Å². The predicted octanol–water partition coefficient (Wildman–Crippen LogP) is 12.2. The van der Waals surface area contributed by atoms with Gasteiger partial charge in [-0.3, -0.25) is 0 Å². The summed E-state index contributed by atoms with van der Waals surface area (Å²) in [5.41, 5.74) is 8.55. The van der Waals surface area contributed by atoms with Gasteiger partial charge in [-0.15, -0.1) is 0 Å². The van der Waals surface area contributed by atoms with Crippen molar-refractivity contribution in [2.24, 2.45) is 0 Å². The lowest BCUT2D eigenvalue weighted by Crippen LogP contribution is -2.09. The topological polar surface area (TPSA) is 29.3 Å². The molecule has 0 aliphatic rings. The van der Waals surface area contributed by atoms with Crippen molar-refractivity contribution in [3.63, 3.8) is 0 Å². The van der Waals surface area contributed by atoms with Crippen molar-refractivity contribution in [2.75, 3.05) is 10.6 Å². The molecule has 0 aromatic heterocycles. The van der Waals surface area contributed by atoms with Gasteiger partial charge in [-0.1, -0.05) is 135 Å². The Morgan fingerprint density at radius 2 is 0.919 bits per heavy atom. The lowest BCUT2D eigenvalue weighted by Gasteiger charge is -2.25. The van der Waals surface area contributed by atoms with Crippen LogP contribution in [0.1, 0.15) is 57.0 Å². The van der Waals surface area contributed by atoms with Crippen LogP contribution in [-0.4, -0.2) is 0 Å². The van der Waals surface area contributed by atoms with Crippen LogP contribution in [0.5, 0.6) is 0 Å². The Morgan fingerprint density at radius 1 is 0.622 bits per heavy atom. The smallest absolute Gasteiger partial charge is 0.0644 e. The molecule has 0 fully saturated rings. The zero-order chi connectivity index (χ0) is 45.8. The molecule has 0 unspecified atom stereocenters. The van der Waals surface area contributed by atoms with Crippen LogP contribution in [0.2, 0.25) is 0 Å². The first-order valence-corrected chi connectivity index (χ1v) is 11.7. The minimum absolute atomic E-state index is 0.105. The van der Waals surface area contributed by atoms with E-state index in [2.05, 4.69) is 93.6 Å². The molecule has 2 N–H and O–H groups in total. The summed E-state index contributed by atoms with van der Waals surface area (Å²) in [6.07, 6.45) is 0. The van der Waals surface area contributed by atoms with Crippen LogP contribution in [0, 0.1) is 0 Å². The number of rotatable bonds is 3. The first-order chi connectivity index (χ1) is 27.4. The molecule has 5 aromatic rings. The van der Waals surface area contributed by atoms with Crippen LogP contribution in [0.3, 0.4) is 0 Å². The van der Waals surface area contributed by atoms with Crippen molar-refractivity contribution < 1.29 is 28.3 Å². The highest BCUT2D eigenvalue weighted by Crippen LogP contribution is 2.33. The minimum atomic E-state index is -0.417. The van der Waals surface area contributed by atoms with E-state index in [1.165, 1.54) is 31.9 Å². The average molecular weight is 586 g/mol. The molecule has 202 valence electrons. The second-order valence-corrected chi connectivity index (χ2v) is 7.11. The van der Waals surface area contributed by atoms with Crippen LogP contribution in [-0.2, 0) is 0 Å². The van der Waals surface area contributed by atoms with Crippen molar-refractivity contribution in [3.05, 3.63) is 156 Å². The second kappa shape index (κ2) is 20.4. The Morgan fingerprint density at radius 3 is 1.24 bits per heavy atom. The highest BCUT2D eigenvalue weighted by molar-refractivity contribution is 9.10. The van der Waals surface area contributed by atoms with Gasteiger partial charge in [0.2, 0.25) is 0 Å². The van der Waals surface area contributed by atoms with E-state index in [9.17, 15) is 0 Å². The zero-order valence-electron chi connectivity index (χ0n) is 41.6. The molecule has 0 spiro atoms. The summed E-state index contributed by atoms with van der Waals surface area (Å²) in [6.45, 7) is 4.00. The summed E-state index contributed by atoms with van der Waals surface area (Å²) >= 11 is 2.92. The highest BCUT2D eigenvalue weighted by Gasteiger charge is 2.10. The van der Waals surface area contributed by atoms with Gasteiger partial charge in [-0.05, 0) is 60.6 Å². The molecule has 0 aliphatic carbocycles. The molecule has 2 nitrogen and oxygen atoms in total. The fraction of sp³-hybridized carbons (Fsp3) is 0.118. The Bertz CT molecular complexity index is 1340. The van der Waals surface area contributed by atoms with Gasteiger partial charge in [0.25, 0.3) is 0 Å². The molecule has 37 heavy (non-hydrogen) atoms. The van der Waals surface area contributed by atoms with Crippen molar-refractivity contribution in [2.45, 2.75) is 28.7 Å². The van der Waals surface area contributed by atoms with Gasteiger partial charge in [0.05, 0.1) is 13.7 Å². The number of anilines is 4. The molecule has 5 rings (SSSR count). The number of nitrogens with zero attached hydrogens (tertiary/aromatic N) is 1. The first-order valence-electron chi connectivity index (χ1n) is 21.9. The summed E-state index contributed by atoms with van der Waals surface area (Å²) in [6, 6.07) is 27.9. The fourth-order valence-electron chi connectivity index (χ4n) is 2.67. The highest BCUT2D eigenvalue weighted by atomic mass is 79.9. The average Bonchev–Trinajstić information content (AvgIpc) is 3.31. The molecule has 0 atom stereocenters. The van der Waals surface area contributed by atoms with Crippen LogP contribution >= 0.6 is 15.9 Å². The van der Waals surface area contributed by atoms with Crippen LogP contribution in [0.15, 0.2) is 156 Å². The third-order valence-corrected chi connectivity index (χ3v) is 4.43. The standard InChI is InChI=1S/C18H15N.C6H5Br.C6H7N.C2H6.2CH4.4H2/c1-4-10-16(11-5-1)19(17-12-6-2-7-13-17)18-14-8-3-9-15-18;2*7-6-4-2-1-3-5-6;1-2;;;;;;/h1-15H;1-5H;1-5H,7H2;1-2H3;2*1H4;4*1H/i;2*1D,2D,3D,4D,5D;;2*1D;4*1+1D. The molecule has 0 heterocycles. The molecular formula is C34H49BrN2. The molecule has 0 bridgehead atoms. The fourth-order valence-corrected chi connectivity index (χ4v) is 2.87. The summed E-state index contributed by atoms with van der Waals surface area (Å²) in [5, 5.41) is 0. The van der Waals surface area contributed by atoms with Gasteiger partial charge < -0.3 is 10.6 Å². The number of nitrogen functional groups attached to an aromatic ring is 1. The molecule has 0 aliphatic heterocycles. The summed E-state index contributed by atoms with van der Waals surface area (Å²) < 4.78 is 124. The van der Waals surface area contributed by atoms with E-state index < -0.39 is 18.1 Å². The largest absolute Gasteiger partial charge is 0.399 e.